The molecule has 0 aliphatic carbocycles. The maximum Gasteiger partial charge on any atom is 0.281 e. The molecule has 280 valence electrons. The van der Waals surface area contributed by atoms with Crippen molar-refractivity contribution >= 4 is 42.5 Å². The highest BCUT2D eigenvalue weighted by atomic mass is 32.2. The molecule has 0 amide bonds. The van der Waals surface area contributed by atoms with E-state index in [0.717, 1.165) is 44.6 Å². The van der Waals surface area contributed by atoms with Crippen LogP contribution in [0.3, 0.4) is 0 Å². The number of aromatic amines is 2. The first-order chi connectivity index (χ1) is 25.7. The van der Waals surface area contributed by atoms with Crippen LogP contribution in [0.15, 0.2) is 62.0 Å². The van der Waals surface area contributed by atoms with E-state index < -0.39 is 31.5 Å². The van der Waals surface area contributed by atoms with Gasteiger partial charge < -0.3 is 9.97 Å². The van der Waals surface area contributed by atoms with Crippen LogP contribution in [0, 0.1) is 22.7 Å². The minimum Gasteiger partial charge on any atom is -0.346 e. The van der Waals surface area contributed by atoms with Gasteiger partial charge in [-0.3, -0.25) is 9.36 Å². The molecule has 8 rings (SSSR count). The maximum absolute atomic E-state index is 12.3. The van der Waals surface area contributed by atoms with E-state index in [9.17, 15) is 27.4 Å². The van der Waals surface area contributed by atoms with Gasteiger partial charge in [-0.1, -0.05) is 0 Å². The molecule has 8 heterocycles. The lowest BCUT2D eigenvalue weighted by Crippen LogP contribution is -2.65. The number of hydrogen-bond acceptors (Lipinski definition) is 12. The van der Waals surface area contributed by atoms with Crippen LogP contribution in [-0.2, 0) is 31.5 Å². The summed E-state index contributed by atoms with van der Waals surface area (Å²) in [5.41, 5.74) is 3.13. The Balaban J connectivity index is 0.000000167. The van der Waals surface area contributed by atoms with Crippen LogP contribution in [0.1, 0.15) is 12.8 Å². The van der Waals surface area contributed by atoms with E-state index >= 15 is 0 Å². The number of fused-ring (bicyclic) bond motifs is 2. The van der Waals surface area contributed by atoms with E-state index in [4.69, 9.17) is 0 Å². The highest BCUT2D eigenvalue weighted by molar-refractivity contribution is 7.87. The van der Waals surface area contributed by atoms with E-state index in [2.05, 4.69) is 52.2 Å². The smallest absolute Gasteiger partial charge is 0.281 e. The minimum atomic E-state index is -3.51. The third-order valence-electron chi connectivity index (χ3n) is 9.67. The summed E-state index contributed by atoms with van der Waals surface area (Å²) in [6, 6.07) is 8.10. The number of nitrogens with zero attached hydrogens (tertiary/aromatic N) is 14. The summed E-state index contributed by atoms with van der Waals surface area (Å²) in [6.07, 6.45) is 13.8. The topological polar surface area (TPSA) is 248 Å². The Morgan fingerprint density at radius 1 is 0.685 bits per heavy atom. The molecule has 54 heavy (non-hydrogen) atoms. The van der Waals surface area contributed by atoms with Gasteiger partial charge in [0.25, 0.3) is 20.4 Å². The van der Waals surface area contributed by atoms with Gasteiger partial charge in [0.1, 0.15) is 35.0 Å². The first-order valence-corrected chi connectivity index (χ1v) is 19.3. The summed E-state index contributed by atoms with van der Waals surface area (Å²) < 4.78 is 57.6. The first-order valence-electron chi connectivity index (χ1n) is 16.5. The number of nitriles is 2. The van der Waals surface area contributed by atoms with Crippen molar-refractivity contribution in [3.05, 3.63) is 62.0 Å². The summed E-state index contributed by atoms with van der Waals surface area (Å²) in [5, 5.41) is 29.1. The van der Waals surface area contributed by atoms with Gasteiger partial charge >= 0.3 is 0 Å². The molecule has 0 unspecified atom stereocenters. The van der Waals surface area contributed by atoms with Gasteiger partial charge in [0, 0.05) is 101 Å². The molecule has 2 fully saturated rings. The molecule has 2 N–H and O–H groups in total. The number of H-pyrrole nitrogens is 2. The zero-order valence-corrected chi connectivity index (χ0v) is 31.4. The van der Waals surface area contributed by atoms with Crippen LogP contribution in [0.4, 0.5) is 0 Å². The van der Waals surface area contributed by atoms with E-state index in [1.54, 1.807) is 34.2 Å². The van der Waals surface area contributed by atoms with Crippen LogP contribution in [0.25, 0.3) is 44.6 Å². The number of aromatic nitrogens is 10. The molecule has 0 radical (unpaired) electrons. The third kappa shape index (κ3) is 6.17. The highest BCUT2D eigenvalue weighted by Crippen LogP contribution is 2.37. The van der Waals surface area contributed by atoms with Gasteiger partial charge in [-0.25, -0.2) is 19.9 Å². The van der Waals surface area contributed by atoms with Gasteiger partial charge in [0.05, 0.1) is 48.8 Å². The second-order valence-electron chi connectivity index (χ2n) is 13.5. The predicted octanol–water partition coefficient (Wildman–Crippen LogP) is 1.10. The number of hydrogen-bond donors (Lipinski definition) is 2. The SMILES string of the molecule is CN(C)S(=O)(=O)N1CC(CC#N)(n2cc(-c3ncnc4[nH]ccc34)cn2)C1.CN(C)S(=O)(=O)N1CC(CC#N)(n2cc(-c3ncnc4[nH]ccc34)cn2)C1. The molecule has 0 bridgehead atoms. The normalized spacial score (nSPS) is 17.1. The second kappa shape index (κ2) is 13.7. The lowest BCUT2D eigenvalue weighted by Gasteiger charge is -2.48. The fourth-order valence-electron chi connectivity index (χ4n) is 6.59. The Labute approximate surface area is 310 Å². The van der Waals surface area contributed by atoms with Crippen LogP contribution >= 0.6 is 0 Å². The number of nitrogens with one attached hydrogen (secondary N) is 2. The van der Waals surface area contributed by atoms with Crippen molar-refractivity contribution in [2.75, 3.05) is 54.4 Å². The van der Waals surface area contributed by atoms with Crippen LogP contribution < -0.4 is 0 Å². The Bertz CT molecular complexity index is 2450. The van der Waals surface area contributed by atoms with Crippen molar-refractivity contribution in [1.29, 1.82) is 10.5 Å². The molecule has 2 aliphatic heterocycles. The van der Waals surface area contributed by atoms with Crippen LogP contribution in [0.5, 0.6) is 0 Å². The van der Waals surface area contributed by atoms with Gasteiger partial charge in [0.2, 0.25) is 0 Å². The summed E-state index contributed by atoms with van der Waals surface area (Å²) in [7, 11) is -1.07. The molecular formula is C32H36N16O4S2. The van der Waals surface area contributed by atoms with Gasteiger partial charge in [-0.2, -0.15) is 54.8 Å². The van der Waals surface area contributed by atoms with Crippen molar-refractivity contribution in [3.63, 3.8) is 0 Å². The zero-order chi connectivity index (χ0) is 38.5. The lowest BCUT2D eigenvalue weighted by molar-refractivity contribution is 0.0675. The van der Waals surface area contributed by atoms with E-state index in [1.807, 2.05) is 24.5 Å². The average Bonchev–Trinajstić information content (AvgIpc) is 3.94. The first kappa shape index (κ1) is 36.7. The number of rotatable bonds is 10. The lowest BCUT2D eigenvalue weighted by atomic mass is 9.89. The van der Waals surface area contributed by atoms with E-state index in [1.165, 1.54) is 58.1 Å². The third-order valence-corrected chi connectivity index (χ3v) is 13.3. The summed E-state index contributed by atoms with van der Waals surface area (Å²) in [4.78, 5) is 23.1. The quantitative estimate of drug-likeness (QED) is 0.199. The summed E-state index contributed by atoms with van der Waals surface area (Å²) >= 11 is 0. The minimum absolute atomic E-state index is 0.164. The van der Waals surface area contributed by atoms with E-state index in [0.29, 0.717) is 0 Å². The van der Waals surface area contributed by atoms with Crippen molar-refractivity contribution in [1.82, 2.24) is 66.7 Å². The van der Waals surface area contributed by atoms with Crippen molar-refractivity contribution in [3.8, 4) is 34.7 Å². The standard InChI is InChI=1S/2C16H18N8O2S/c2*1-22(2)27(25,26)23-9-16(10-23,4-5-17)24-8-12(7-21-24)14-13-3-6-18-15(13)20-11-19-14/h2*3,6-8,11H,4,9-10H2,1-2H3,(H,18,19,20). The molecular weight excluding hydrogens is 737 g/mol. The van der Waals surface area contributed by atoms with Crippen molar-refractivity contribution in [2.45, 2.75) is 23.9 Å². The molecule has 2 aliphatic rings. The molecule has 6 aromatic heterocycles. The van der Waals surface area contributed by atoms with Crippen LogP contribution in [0.2, 0.25) is 0 Å². The molecule has 0 spiro atoms. The molecule has 2 saturated heterocycles. The second-order valence-corrected chi connectivity index (χ2v) is 17.8. The largest absolute Gasteiger partial charge is 0.346 e. The Morgan fingerprint density at radius 3 is 1.43 bits per heavy atom. The molecule has 0 atom stereocenters. The average molecular weight is 773 g/mol. The predicted molar refractivity (Wildman–Crippen MR) is 195 cm³/mol. The monoisotopic (exact) mass is 772 g/mol. The fraction of sp³-hybridized carbons (Fsp3) is 0.375. The van der Waals surface area contributed by atoms with Gasteiger partial charge in [0.15, 0.2) is 0 Å². The van der Waals surface area contributed by atoms with Gasteiger partial charge in [-0.05, 0) is 12.1 Å². The van der Waals surface area contributed by atoms with Crippen molar-refractivity contribution in [2.24, 2.45) is 0 Å². The van der Waals surface area contributed by atoms with E-state index in [-0.39, 0.29) is 39.0 Å². The summed E-state index contributed by atoms with van der Waals surface area (Å²) in [6.45, 7) is 0.800. The maximum atomic E-state index is 12.3. The zero-order valence-electron chi connectivity index (χ0n) is 29.7. The molecule has 0 aromatic carbocycles. The molecule has 22 heteroatoms. The Hall–Kier alpha value is -5.62. The van der Waals surface area contributed by atoms with Gasteiger partial charge in [-0.15, -0.1) is 0 Å². The van der Waals surface area contributed by atoms with Crippen LogP contribution in [-0.4, -0.2) is 138 Å². The highest BCUT2D eigenvalue weighted by Gasteiger charge is 2.52. The fourth-order valence-corrected chi connectivity index (χ4v) is 9.13. The molecule has 0 saturated carbocycles. The Morgan fingerprint density at radius 2 is 1.07 bits per heavy atom. The molecule has 6 aromatic rings. The summed E-state index contributed by atoms with van der Waals surface area (Å²) in [5.74, 6) is 0. The van der Waals surface area contributed by atoms with Crippen molar-refractivity contribution < 1.29 is 16.8 Å². The Kier molecular flexibility index (Phi) is 9.29. The molecule has 20 nitrogen and oxygen atoms in total.